The van der Waals surface area contributed by atoms with Gasteiger partial charge in [-0.05, 0) is 60.8 Å². The second kappa shape index (κ2) is 7.99. The van der Waals surface area contributed by atoms with Gasteiger partial charge in [0.15, 0.2) is 0 Å². The molecule has 2 aromatic carbocycles. The van der Waals surface area contributed by atoms with Gasteiger partial charge in [-0.15, -0.1) is 12.4 Å². The minimum atomic E-state index is -3.55. The highest BCUT2D eigenvalue weighted by Gasteiger charge is 2.49. The quantitative estimate of drug-likeness (QED) is 0.753. The van der Waals surface area contributed by atoms with Crippen molar-refractivity contribution in [2.75, 3.05) is 33.8 Å². The Balaban J connectivity index is 0.00000225. The topological polar surface area (TPSA) is 49.9 Å². The monoisotopic (exact) mass is 426 g/mol. The zero-order valence-corrected chi connectivity index (χ0v) is 17.4. The average molecular weight is 427 g/mol. The van der Waals surface area contributed by atoms with E-state index in [4.69, 9.17) is 4.74 Å². The van der Waals surface area contributed by atoms with Crippen molar-refractivity contribution < 1.29 is 17.5 Å². The maximum atomic E-state index is 13.7. The molecule has 0 unspecified atom stereocenters. The molecule has 0 saturated carbocycles. The van der Waals surface area contributed by atoms with Gasteiger partial charge in [0.1, 0.15) is 11.6 Å². The summed E-state index contributed by atoms with van der Waals surface area (Å²) in [5, 5.41) is 0. The normalized spacial score (nSPS) is 25.3. The van der Waals surface area contributed by atoms with Gasteiger partial charge in [-0.2, -0.15) is 4.31 Å². The number of fused-ring (bicyclic) bond motifs is 1. The van der Waals surface area contributed by atoms with Gasteiger partial charge >= 0.3 is 0 Å². The van der Waals surface area contributed by atoms with Crippen molar-refractivity contribution in [1.82, 2.24) is 9.21 Å². The molecule has 2 fully saturated rings. The standard InChI is InChI=1S/C20H23FN2O3S.ClH/c1-22-11-15-12-23(27(24,25)18-8-6-17(26-2)7-9-18)13-19(15)20(22)14-4-3-5-16(21)10-14;/h3-10,15,19-20H,11-13H2,1-2H3;1H/t15-,19+,20-;/m0./s1. The molecule has 5 nitrogen and oxygen atoms in total. The fourth-order valence-electron chi connectivity index (χ4n) is 4.50. The molecule has 0 aliphatic carbocycles. The molecular weight excluding hydrogens is 403 g/mol. The summed E-state index contributed by atoms with van der Waals surface area (Å²) in [5.41, 5.74) is 0.911. The lowest BCUT2D eigenvalue weighted by atomic mass is 9.89. The van der Waals surface area contributed by atoms with Crippen molar-refractivity contribution in [3.05, 3.63) is 59.9 Å². The van der Waals surface area contributed by atoms with Crippen LogP contribution >= 0.6 is 12.4 Å². The zero-order chi connectivity index (χ0) is 19.2. The molecule has 4 rings (SSSR count). The van der Waals surface area contributed by atoms with E-state index in [1.165, 1.54) is 6.07 Å². The van der Waals surface area contributed by atoms with E-state index < -0.39 is 10.0 Å². The van der Waals surface area contributed by atoms with E-state index in [0.29, 0.717) is 18.8 Å². The lowest BCUT2D eigenvalue weighted by Gasteiger charge is -2.26. The molecule has 0 spiro atoms. The van der Waals surface area contributed by atoms with E-state index in [0.717, 1.165) is 12.1 Å². The molecule has 0 N–H and O–H groups in total. The molecule has 2 saturated heterocycles. The van der Waals surface area contributed by atoms with E-state index in [-0.39, 0.29) is 41.0 Å². The lowest BCUT2D eigenvalue weighted by molar-refractivity contribution is 0.260. The van der Waals surface area contributed by atoms with Gasteiger partial charge in [-0.3, -0.25) is 4.90 Å². The molecule has 8 heteroatoms. The largest absolute Gasteiger partial charge is 0.497 e. The predicted octanol–water partition coefficient (Wildman–Crippen LogP) is 3.18. The molecular formula is C20H24ClFN2O3S. The first-order valence-electron chi connectivity index (χ1n) is 9.00. The number of halogens is 2. The first-order chi connectivity index (χ1) is 12.9. The van der Waals surface area contributed by atoms with Crippen LogP contribution in [-0.2, 0) is 10.0 Å². The lowest BCUT2D eigenvalue weighted by Crippen LogP contribution is -2.33. The Kier molecular flexibility index (Phi) is 6.00. The second-order valence-corrected chi connectivity index (χ2v) is 9.30. The van der Waals surface area contributed by atoms with Crippen molar-refractivity contribution in [1.29, 1.82) is 0 Å². The Morgan fingerprint density at radius 2 is 1.79 bits per heavy atom. The van der Waals surface area contributed by atoms with E-state index >= 15 is 0 Å². The Morgan fingerprint density at radius 3 is 2.43 bits per heavy atom. The van der Waals surface area contributed by atoms with Crippen LogP contribution < -0.4 is 4.74 Å². The Hall–Kier alpha value is -1.67. The van der Waals surface area contributed by atoms with Crippen LogP contribution in [0.5, 0.6) is 5.75 Å². The first-order valence-corrected chi connectivity index (χ1v) is 10.4. The fraction of sp³-hybridized carbons (Fsp3) is 0.400. The number of methoxy groups -OCH3 is 1. The average Bonchev–Trinajstić information content (AvgIpc) is 3.18. The minimum absolute atomic E-state index is 0. The first kappa shape index (κ1) is 21.0. The maximum absolute atomic E-state index is 13.7. The molecule has 0 amide bonds. The van der Waals surface area contributed by atoms with Gasteiger partial charge < -0.3 is 4.74 Å². The van der Waals surface area contributed by atoms with Gasteiger partial charge in [0.05, 0.1) is 12.0 Å². The molecule has 2 aliphatic rings. The molecule has 0 radical (unpaired) electrons. The van der Waals surface area contributed by atoms with Crippen LogP contribution in [0.15, 0.2) is 53.4 Å². The van der Waals surface area contributed by atoms with Crippen LogP contribution in [0.2, 0.25) is 0 Å². The Labute approximate surface area is 171 Å². The summed E-state index contributed by atoms with van der Waals surface area (Å²) in [6, 6.07) is 13.1. The van der Waals surface area contributed by atoms with E-state index in [2.05, 4.69) is 4.90 Å². The van der Waals surface area contributed by atoms with Crippen LogP contribution in [0.3, 0.4) is 0 Å². The van der Waals surface area contributed by atoms with E-state index in [1.807, 2.05) is 13.1 Å². The van der Waals surface area contributed by atoms with Crippen molar-refractivity contribution in [2.45, 2.75) is 10.9 Å². The second-order valence-electron chi connectivity index (χ2n) is 7.36. The van der Waals surface area contributed by atoms with Gasteiger partial charge in [0, 0.05) is 25.7 Å². The third kappa shape index (κ3) is 3.64. The van der Waals surface area contributed by atoms with Gasteiger partial charge in [-0.1, -0.05) is 12.1 Å². The zero-order valence-electron chi connectivity index (χ0n) is 15.8. The van der Waals surface area contributed by atoms with Crippen LogP contribution in [-0.4, -0.2) is 51.4 Å². The summed E-state index contributed by atoms with van der Waals surface area (Å²) < 4.78 is 46.5. The van der Waals surface area contributed by atoms with Crippen molar-refractivity contribution >= 4 is 22.4 Å². The van der Waals surface area contributed by atoms with Crippen LogP contribution in [0.1, 0.15) is 11.6 Å². The smallest absolute Gasteiger partial charge is 0.243 e. The summed E-state index contributed by atoms with van der Waals surface area (Å²) in [6.45, 7) is 1.75. The molecule has 152 valence electrons. The molecule has 2 aromatic rings. The number of sulfonamides is 1. The summed E-state index contributed by atoms with van der Waals surface area (Å²) in [4.78, 5) is 2.49. The highest BCUT2D eigenvalue weighted by atomic mass is 35.5. The van der Waals surface area contributed by atoms with Crippen molar-refractivity contribution in [3.8, 4) is 5.75 Å². The molecule has 2 aliphatic heterocycles. The number of likely N-dealkylation sites (tertiary alicyclic amines) is 1. The van der Waals surface area contributed by atoms with Gasteiger partial charge in [0.2, 0.25) is 10.0 Å². The summed E-state index contributed by atoms with van der Waals surface area (Å²) in [6.07, 6.45) is 0. The van der Waals surface area contributed by atoms with Crippen LogP contribution in [0.4, 0.5) is 4.39 Å². The Bertz CT molecular complexity index is 939. The third-order valence-corrected chi connectivity index (χ3v) is 7.59. The summed E-state index contributed by atoms with van der Waals surface area (Å²) in [5.74, 6) is 0.770. The number of nitrogens with zero attached hydrogens (tertiary/aromatic N) is 2. The molecule has 0 bridgehead atoms. The molecule has 3 atom stereocenters. The minimum Gasteiger partial charge on any atom is -0.497 e. The summed E-state index contributed by atoms with van der Waals surface area (Å²) >= 11 is 0. The highest BCUT2D eigenvalue weighted by molar-refractivity contribution is 7.89. The van der Waals surface area contributed by atoms with E-state index in [9.17, 15) is 12.8 Å². The number of benzene rings is 2. The number of rotatable bonds is 4. The van der Waals surface area contributed by atoms with E-state index in [1.54, 1.807) is 47.8 Å². The molecule has 0 aromatic heterocycles. The Morgan fingerprint density at radius 1 is 1.07 bits per heavy atom. The van der Waals surface area contributed by atoms with Crippen molar-refractivity contribution in [3.63, 3.8) is 0 Å². The third-order valence-electron chi connectivity index (χ3n) is 5.75. The fourth-order valence-corrected chi connectivity index (χ4v) is 6.04. The molecule has 28 heavy (non-hydrogen) atoms. The van der Waals surface area contributed by atoms with Gasteiger partial charge in [-0.25, -0.2) is 12.8 Å². The highest BCUT2D eigenvalue weighted by Crippen LogP contribution is 2.45. The summed E-state index contributed by atoms with van der Waals surface area (Å²) in [7, 11) is 0.0220. The van der Waals surface area contributed by atoms with Crippen LogP contribution in [0, 0.1) is 17.7 Å². The molecule has 2 heterocycles. The maximum Gasteiger partial charge on any atom is 0.243 e. The number of hydrogen-bond donors (Lipinski definition) is 0. The predicted molar refractivity (Wildman–Crippen MR) is 108 cm³/mol. The number of hydrogen-bond acceptors (Lipinski definition) is 4. The van der Waals surface area contributed by atoms with Crippen LogP contribution in [0.25, 0.3) is 0 Å². The van der Waals surface area contributed by atoms with Gasteiger partial charge in [0.25, 0.3) is 0 Å². The number of ether oxygens (including phenoxy) is 1. The SMILES string of the molecule is COc1ccc(S(=O)(=O)N2C[C@@H]3CN(C)[C@@H](c4cccc(F)c4)[C@@H]3C2)cc1.Cl. The van der Waals surface area contributed by atoms with Crippen molar-refractivity contribution in [2.24, 2.45) is 11.8 Å².